The van der Waals surface area contributed by atoms with E-state index in [9.17, 15) is 14.0 Å². The van der Waals surface area contributed by atoms with Crippen LogP contribution >= 0.6 is 0 Å². The summed E-state index contributed by atoms with van der Waals surface area (Å²) in [7, 11) is 1.81. The minimum atomic E-state index is -0.310. The Hall–Kier alpha value is -2.89. The van der Waals surface area contributed by atoms with Crippen molar-refractivity contribution >= 4 is 11.8 Å². The summed E-state index contributed by atoms with van der Waals surface area (Å²) >= 11 is 0. The van der Waals surface area contributed by atoms with E-state index in [1.807, 2.05) is 30.1 Å². The zero-order valence-corrected chi connectivity index (χ0v) is 19.2. The normalized spacial score (nSPS) is 18.3. The number of fused-ring (bicyclic) bond motifs is 1. The largest absolute Gasteiger partial charge is 0.491 e. The highest BCUT2D eigenvalue weighted by molar-refractivity contribution is 5.96. The molecule has 0 bridgehead atoms. The standard InChI is InChI=1S/C26H33FN2O3/c1-19(2)23-18-32-24-10-6-5-9-22(24)26(31)28(3)15-7-4-8-16-29(23)25(30)17-20-11-13-21(27)14-12-20/h5-6,9-14,19,23H,4,7-8,15-18H2,1-3H3/t23-/m1/s1. The third-order valence-electron chi connectivity index (χ3n) is 6.03. The van der Waals surface area contributed by atoms with Crippen LogP contribution in [0.2, 0.25) is 0 Å². The van der Waals surface area contributed by atoms with Crippen LogP contribution in [0.25, 0.3) is 0 Å². The Morgan fingerprint density at radius 2 is 1.75 bits per heavy atom. The Kier molecular flexibility index (Phi) is 8.26. The van der Waals surface area contributed by atoms with Gasteiger partial charge in [-0.1, -0.05) is 38.1 Å². The summed E-state index contributed by atoms with van der Waals surface area (Å²) in [5.41, 5.74) is 1.33. The van der Waals surface area contributed by atoms with Gasteiger partial charge in [0, 0.05) is 20.1 Å². The van der Waals surface area contributed by atoms with Crippen LogP contribution in [0.4, 0.5) is 4.39 Å². The number of amides is 2. The van der Waals surface area contributed by atoms with Gasteiger partial charge in [-0.25, -0.2) is 4.39 Å². The molecule has 0 aromatic heterocycles. The van der Waals surface area contributed by atoms with Crippen molar-refractivity contribution in [2.45, 2.75) is 45.6 Å². The van der Waals surface area contributed by atoms with E-state index in [0.717, 1.165) is 24.8 Å². The van der Waals surface area contributed by atoms with Gasteiger partial charge in [0.1, 0.15) is 18.2 Å². The minimum Gasteiger partial charge on any atom is -0.491 e. The highest BCUT2D eigenvalue weighted by Gasteiger charge is 2.28. The van der Waals surface area contributed by atoms with Crippen LogP contribution in [0.3, 0.4) is 0 Å². The second-order valence-corrected chi connectivity index (χ2v) is 8.80. The maximum atomic E-state index is 13.3. The van der Waals surface area contributed by atoms with E-state index >= 15 is 0 Å². The molecule has 1 aliphatic rings. The lowest BCUT2D eigenvalue weighted by molar-refractivity contribution is -0.134. The van der Waals surface area contributed by atoms with E-state index in [-0.39, 0.29) is 36.0 Å². The molecular weight excluding hydrogens is 407 g/mol. The Morgan fingerprint density at radius 1 is 1.06 bits per heavy atom. The molecule has 2 aromatic carbocycles. The summed E-state index contributed by atoms with van der Waals surface area (Å²) < 4.78 is 19.4. The van der Waals surface area contributed by atoms with Crippen LogP contribution in [0.1, 0.15) is 49.0 Å². The number of carbonyl (C=O) groups excluding carboxylic acids is 2. The molecule has 0 spiro atoms. The average Bonchev–Trinajstić information content (AvgIpc) is 2.78. The predicted molar refractivity (Wildman–Crippen MR) is 123 cm³/mol. The molecule has 1 heterocycles. The number of ether oxygens (including phenoxy) is 1. The topological polar surface area (TPSA) is 49.9 Å². The fourth-order valence-corrected chi connectivity index (χ4v) is 4.06. The van der Waals surface area contributed by atoms with Crippen molar-refractivity contribution in [3.8, 4) is 5.75 Å². The average molecular weight is 441 g/mol. The van der Waals surface area contributed by atoms with E-state index in [1.54, 1.807) is 23.1 Å². The molecular formula is C26H33FN2O3. The molecule has 0 aliphatic carbocycles. The van der Waals surface area contributed by atoms with Crippen LogP contribution in [-0.4, -0.2) is 54.4 Å². The molecule has 32 heavy (non-hydrogen) atoms. The second kappa shape index (κ2) is 11.1. The van der Waals surface area contributed by atoms with E-state index < -0.39 is 0 Å². The molecule has 5 nitrogen and oxygen atoms in total. The number of benzene rings is 2. The van der Waals surface area contributed by atoms with E-state index in [0.29, 0.717) is 31.0 Å². The maximum Gasteiger partial charge on any atom is 0.257 e. The van der Waals surface area contributed by atoms with Crippen molar-refractivity contribution in [1.82, 2.24) is 9.80 Å². The first kappa shape index (κ1) is 23.8. The minimum absolute atomic E-state index is 0.00950. The zero-order valence-electron chi connectivity index (χ0n) is 19.2. The summed E-state index contributed by atoms with van der Waals surface area (Å²) in [5, 5.41) is 0. The molecule has 1 atom stereocenters. The Morgan fingerprint density at radius 3 is 2.47 bits per heavy atom. The fourth-order valence-electron chi connectivity index (χ4n) is 4.06. The van der Waals surface area contributed by atoms with Gasteiger partial charge in [0.25, 0.3) is 5.91 Å². The summed E-state index contributed by atoms with van der Waals surface area (Å²) in [4.78, 5) is 29.9. The fraction of sp³-hybridized carbons (Fsp3) is 0.462. The number of para-hydroxylation sites is 1. The highest BCUT2D eigenvalue weighted by atomic mass is 19.1. The lowest BCUT2D eigenvalue weighted by Crippen LogP contribution is -2.47. The first-order chi connectivity index (χ1) is 15.4. The van der Waals surface area contributed by atoms with Gasteiger partial charge in [0.05, 0.1) is 18.0 Å². The second-order valence-electron chi connectivity index (χ2n) is 8.80. The molecule has 0 saturated carbocycles. The smallest absolute Gasteiger partial charge is 0.257 e. The third kappa shape index (κ3) is 6.09. The lowest BCUT2D eigenvalue weighted by Gasteiger charge is -2.35. The molecule has 2 amide bonds. The van der Waals surface area contributed by atoms with Crippen molar-refractivity contribution in [1.29, 1.82) is 0 Å². The molecule has 0 fully saturated rings. The van der Waals surface area contributed by atoms with E-state index in [4.69, 9.17) is 4.74 Å². The molecule has 0 radical (unpaired) electrons. The van der Waals surface area contributed by atoms with Gasteiger partial charge < -0.3 is 14.5 Å². The molecule has 0 N–H and O–H groups in total. The lowest BCUT2D eigenvalue weighted by atomic mass is 10.0. The number of carbonyl (C=O) groups is 2. The van der Waals surface area contributed by atoms with Crippen molar-refractivity contribution < 1.29 is 18.7 Å². The van der Waals surface area contributed by atoms with Gasteiger partial charge in [0.15, 0.2) is 0 Å². The van der Waals surface area contributed by atoms with Crippen LogP contribution in [-0.2, 0) is 11.2 Å². The van der Waals surface area contributed by atoms with Gasteiger partial charge in [-0.2, -0.15) is 0 Å². The summed E-state index contributed by atoms with van der Waals surface area (Å²) in [6, 6.07) is 13.2. The van der Waals surface area contributed by atoms with Gasteiger partial charge in [-0.05, 0) is 55.0 Å². The molecule has 172 valence electrons. The van der Waals surface area contributed by atoms with E-state index in [1.165, 1.54) is 12.1 Å². The molecule has 0 unspecified atom stereocenters. The Labute approximate surface area is 190 Å². The Bertz CT molecular complexity index is 914. The summed E-state index contributed by atoms with van der Waals surface area (Å²) in [6.07, 6.45) is 2.87. The highest BCUT2D eigenvalue weighted by Crippen LogP contribution is 2.23. The third-order valence-corrected chi connectivity index (χ3v) is 6.03. The molecule has 6 heteroatoms. The summed E-state index contributed by atoms with van der Waals surface area (Å²) in [6.45, 7) is 5.75. The van der Waals surface area contributed by atoms with E-state index in [2.05, 4.69) is 13.8 Å². The number of hydrogen-bond acceptors (Lipinski definition) is 3. The summed E-state index contributed by atoms with van der Waals surface area (Å²) in [5.74, 6) is 0.360. The first-order valence-electron chi connectivity index (χ1n) is 11.4. The number of halogens is 1. The van der Waals surface area contributed by atoms with Crippen molar-refractivity contribution in [3.05, 3.63) is 65.5 Å². The van der Waals surface area contributed by atoms with Gasteiger partial charge in [-0.3, -0.25) is 9.59 Å². The molecule has 3 rings (SSSR count). The van der Waals surface area contributed by atoms with Crippen LogP contribution in [0.5, 0.6) is 5.75 Å². The van der Waals surface area contributed by atoms with Gasteiger partial charge in [-0.15, -0.1) is 0 Å². The molecule has 0 saturated heterocycles. The number of hydrogen-bond donors (Lipinski definition) is 0. The first-order valence-corrected chi connectivity index (χ1v) is 11.4. The molecule has 1 aliphatic heterocycles. The zero-order chi connectivity index (χ0) is 23.1. The van der Waals surface area contributed by atoms with Crippen molar-refractivity contribution in [3.63, 3.8) is 0 Å². The van der Waals surface area contributed by atoms with Crippen LogP contribution in [0, 0.1) is 11.7 Å². The van der Waals surface area contributed by atoms with Gasteiger partial charge in [0.2, 0.25) is 5.91 Å². The quantitative estimate of drug-likeness (QED) is 0.703. The molecule has 2 aromatic rings. The predicted octanol–water partition coefficient (Wildman–Crippen LogP) is 4.56. The maximum absolute atomic E-state index is 13.3. The van der Waals surface area contributed by atoms with Crippen molar-refractivity contribution in [2.75, 3.05) is 26.7 Å². The monoisotopic (exact) mass is 440 g/mol. The van der Waals surface area contributed by atoms with Crippen LogP contribution < -0.4 is 4.74 Å². The van der Waals surface area contributed by atoms with Crippen LogP contribution in [0.15, 0.2) is 48.5 Å². The Balaban J connectivity index is 1.85. The SMILES string of the molecule is CC(C)[C@H]1COc2ccccc2C(=O)N(C)CCCCCN1C(=O)Cc1ccc(F)cc1. The number of rotatable bonds is 3. The number of nitrogens with zero attached hydrogens (tertiary/aromatic N) is 2. The van der Waals surface area contributed by atoms with Crippen molar-refractivity contribution in [2.24, 2.45) is 5.92 Å². The van der Waals surface area contributed by atoms with Gasteiger partial charge >= 0.3 is 0 Å².